The van der Waals surface area contributed by atoms with Crippen molar-refractivity contribution < 1.29 is 19.1 Å². The zero-order valence-electron chi connectivity index (χ0n) is 18.6. The summed E-state index contributed by atoms with van der Waals surface area (Å²) < 4.78 is 10.6. The van der Waals surface area contributed by atoms with E-state index >= 15 is 0 Å². The molecule has 3 aromatic carbocycles. The SMILES string of the molecule is COc1ccc(COC(=O)NC(Cc2ccccc2)C2CC(Cc3ccccc3)=NO2)cc1. The first-order valence-electron chi connectivity index (χ1n) is 11.1. The summed E-state index contributed by atoms with van der Waals surface area (Å²) in [5, 5.41) is 7.31. The highest BCUT2D eigenvalue weighted by molar-refractivity contribution is 5.87. The predicted octanol–water partition coefficient (Wildman–Crippen LogP) is 4.92. The molecule has 6 nitrogen and oxygen atoms in total. The molecule has 2 unspecified atom stereocenters. The Morgan fingerprint density at radius 3 is 2.30 bits per heavy atom. The maximum Gasteiger partial charge on any atom is 0.407 e. The minimum absolute atomic E-state index is 0.176. The first-order valence-corrected chi connectivity index (χ1v) is 11.1. The van der Waals surface area contributed by atoms with Gasteiger partial charge < -0.3 is 19.6 Å². The molecule has 4 rings (SSSR count). The topological polar surface area (TPSA) is 69.2 Å². The molecule has 0 aliphatic carbocycles. The van der Waals surface area contributed by atoms with Gasteiger partial charge in [-0.2, -0.15) is 0 Å². The van der Waals surface area contributed by atoms with Gasteiger partial charge in [-0.3, -0.25) is 0 Å². The molecule has 0 aromatic heterocycles. The van der Waals surface area contributed by atoms with Crippen molar-refractivity contribution in [2.24, 2.45) is 5.16 Å². The van der Waals surface area contributed by atoms with Crippen LogP contribution in [0.15, 0.2) is 90.1 Å². The third kappa shape index (κ3) is 6.59. The number of nitrogens with one attached hydrogen (secondary N) is 1. The summed E-state index contributed by atoms with van der Waals surface area (Å²) in [7, 11) is 1.62. The minimum Gasteiger partial charge on any atom is -0.497 e. The van der Waals surface area contributed by atoms with Crippen molar-refractivity contribution in [1.82, 2.24) is 5.32 Å². The summed E-state index contributed by atoms with van der Waals surface area (Å²) in [5.74, 6) is 0.760. The molecule has 2 atom stereocenters. The summed E-state index contributed by atoms with van der Waals surface area (Å²) in [6.45, 7) is 0.176. The minimum atomic E-state index is -0.480. The fourth-order valence-corrected chi connectivity index (χ4v) is 3.81. The van der Waals surface area contributed by atoms with Crippen LogP contribution in [0.5, 0.6) is 5.75 Å². The number of alkyl carbamates (subject to hydrolysis) is 1. The predicted molar refractivity (Wildman–Crippen MR) is 127 cm³/mol. The second kappa shape index (κ2) is 11.2. The van der Waals surface area contributed by atoms with E-state index in [2.05, 4.69) is 22.6 Å². The first-order chi connectivity index (χ1) is 16.2. The number of rotatable bonds is 9. The number of oxime groups is 1. The Morgan fingerprint density at radius 2 is 1.64 bits per heavy atom. The number of ether oxygens (including phenoxy) is 2. The van der Waals surface area contributed by atoms with Gasteiger partial charge in [0, 0.05) is 12.8 Å². The summed E-state index contributed by atoms with van der Waals surface area (Å²) in [6.07, 6.45) is 1.28. The molecular weight excluding hydrogens is 416 g/mol. The van der Waals surface area contributed by atoms with Crippen LogP contribution in [0.4, 0.5) is 4.79 Å². The van der Waals surface area contributed by atoms with Crippen LogP contribution < -0.4 is 10.1 Å². The van der Waals surface area contributed by atoms with Gasteiger partial charge in [-0.05, 0) is 35.2 Å². The highest BCUT2D eigenvalue weighted by Gasteiger charge is 2.31. The molecular formula is C27H28N2O4. The number of amides is 1. The highest BCUT2D eigenvalue weighted by Crippen LogP contribution is 2.20. The van der Waals surface area contributed by atoms with Gasteiger partial charge in [0.25, 0.3) is 0 Å². The van der Waals surface area contributed by atoms with Gasteiger partial charge in [0.2, 0.25) is 0 Å². The van der Waals surface area contributed by atoms with Crippen LogP contribution in [0, 0.1) is 0 Å². The van der Waals surface area contributed by atoms with E-state index in [0.29, 0.717) is 12.8 Å². The standard InChI is InChI=1S/C27H28N2O4/c1-31-24-14-12-22(13-15-24)19-32-27(30)28-25(17-21-10-6-3-7-11-21)26-18-23(29-33-26)16-20-8-4-2-5-9-20/h2-15,25-26H,16-19H2,1H3,(H,28,30). The van der Waals surface area contributed by atoms with Gasteiger partial charge in [-0.25, -0.2) is 4.79 Å². The van der Waals surface area contributed by atoms with Crippen LogP contribution in [0.25, 0.3) is 0 Å². The van der Waals surface area contributed by atoms with Crippen LogP contribution in [-0.2, 0) is 29.0 Å². The number of hydrogen-bond acceptors (Lipinski definition) is 5. The Morgan fingerprint density at radius 1 is 0.970 bits per heavy atom. The van der Waals surface area contributed by atoms with Crippen molar-refractivity contribution in [2.75, 3.05) is 7.11 Å². The lowest BCUT2D eigenvalue weighted by molar-refractivity contribution is 0.0509. The van der Waals surface area contributed by atoms with Gasteiger partial charge in [0.15, 0.2) is 6.10 Å². The van der Waals surface area contributed by atoms with Crippen molar-refractivity contribution in [3.8, 4) is 5.75 Å². The summed E-state index contributed by atoms with van der Waals surface area (Å²) in [5.41, 5.74) is 4.15. The molecule has 33 heavy (non-hydrogen) atoms. The second-order valence-corrected chi connectivity index (χ2v) is 8.03. The van der Waals surface area contributed by atoms with E-state index in [-0.39, 0.29) is 18.8 Å². The molecule has 0 saturated carbocycles. The molecule has 0 fully saturated rings. The third-order valence-electron chi connectivity index (χ3n) is 5.58. The van der Waals surface area contributed by atoms with E-state index in [9.17, 15) is 4.79 Å². The average molecular weight is 445 g/mol. The fourth-order valence-electron chi connectivity index (χ4n) is 3.81. The van der Waals surface area contributed by atoms with Crippen LogP contribution in [0.3, 0.4) is 0 Å². The summed E-state index contributed by atoms with van der Waals surface area (Å²) in [4.78, 5) is 18.4. The average Bonchev–Trinajstić information content (AvgIpc) is 3.32. The van der Waals surface area contributed by atoms with Crippen molar-refractivity contribution in [3.63, 3.8) is 0 Å². The van der Waals surface area contributed by atoms with Crippen LogP contribution in [-0.4, -0.2) is 31.1 Å². The summed E-state index contributed by atoms with van der Waals surface area (Å²) >= 11 is 0. The van der Waals surface area contributed by atoms with E-state index in [1.807, 2.05) is 72.8 Å². The van der Waals surface area contributed by atoms with Crippen LogP contribution in [0.2, 0.25) is 0 Å². The molecule has 1 aliphatic heterocycles. The number of methoxy groups -OCH3 is 1. The number of benzene rings is 3. The Bertz CT molecular complexity index is 1050. The maximum absolute atomic E-state index is 12.6. The van der Waals surface area contributed by atoms with Crippen molar-refractivity contribution in [3.05, 3.63) is 102 Å². The Labute approximate surface area is 194 Å². The highest BCUT2D eigenvalue weighted by atomic mass is 16.6. The zero-order chi connectivity index (χ0) is 22.9. The molecule has 1 N–H and O–H groups in total. The lowest BCUT2D eigenvalue weighted by Crippen LogP contribution is -2.45. The Kier molecular flexibility index (Phi) is 7.59. The van der Waals surface area contributed by atoms with Crippen molar-refractivity contribution in [1.29, 1.82) is 0 Å². The van der Waals surface area contributed by atoms with Crippen molar-refractivity contribution in [2.45, 2.75) is 38.0 Å². The van der Waals surface area contributed by atoms with Gasteiger partial charge in [0.1, 0.15) is 12.4 Å². The number of hydrogen-bond donors (Lipinski definition) is 1. The monoisotopic (exact) mass is 444 g/mol. The Balaban J connectivity index is 1.36. The zero-order valence-corrected chi connectivity index (χ0v) is 18.6. The number of nitrogens with zero attached hydrogens (tertiary/aromatic N) is 1. The largest absolute Gasteiger partial charge is 0.497 e. The molecule has 6 heteroatoms. The Hall–Kier alpha value is -3.80. The normalized spacial score (nSPS) is 15.8. The van der Waals surface area contributed by atoms with E-state index in [4.69, 9.17) is 14.3 Å². The lowest BCUT2D eigenvalue weighted by Gasteiger charge is -2.23. The fraction of sp³-hybridized carbons (Fsp3) is 0.259. The van der Waals surface area contributed by atoms with E-state index in [0.717, 1.165) is 29.0 Å². The number of carbonyl (C=O) groups excluding carboxylic acids is 1. The third-order valence-corrected chi connectivity index (χ3v) is 5.58. The molecule has 3 aromatic rings. The smallest absolute Gasteiger partial charge is 0.407 e. The molecule has 170 valence electrons. The van der Waals surface area contributed by atoms with Crippen LogP contribution in [0.1, 0.15) is 23.1 Å². The van der Waals surface area contributed by atoms with Gasteiger partial charge in [0.05, 0.1) is 18.9 Å². The van der Waals surface area contributed by atoms with E-state index in [1.165, 1.54) is 5.56 Å². The molecule has 0 bridgehead atoms. The van der Waals surface area contributed by atoms with Gasteiger partial charge in [-0.15, -0.1) is 0 Å². The molecule has 1 amide bonds. The molecule has 1 aliphatic rings. The molecule has 0 saturated heterocycles. The van der Waals surface area contributed by atoms with E-state index in [1.54, 1.807) is 7.11 Å². The molecule has 1 heterocycles. The second-order valence-electron chi connectivity index (χ2n) is 8.03. The number of carbonyl (C=O) groups is 1. The molecule has 0 spiro atoms. The maximum atomic E-state index is 12.6. The van der Waals surface area contributed by atoms with Crippen LogP contribution >= 0.6 is 0 Å². The van der Waals surface area contributed by atoms with Gasteiger partial charge >= 0.3 is 6.09 Å². The summed E-state index contributed by atoms with van der Waals surface area (Å²) in [6, 6.07) is 27.4. The first kappa shape index (κ1) is 22.4. The lowest BCUT2D eigenvalue weighted by atomic mass is 9.96. The quantitative estimate of drug-likeness (QED) is 0.509. The van der Waals surface area contributed by atoms with E-state index < -0.39 is 6.09 Å². The molecule has 0 radical (unpaired) electrons. The van der Waals surface area contributed by atoms with Crippen molar-refractivity contribution >= 4 is 11.8 Å². The van der Waals surface area contributed by atoms with Gasteiger partial charge in [-0.1, -0.05) is 78.0 Å².